The molecule has 2 rings (SSSR count). The van der Waals surface area contributed by atoms with E-state index in [-0.39, 0.29) is 11.5 Å². The van der Waals surface area contributed by atoms with E-state index in [1.165, 1.54) is 44.7 Å². The van der Waals surface area contributed by atoms with Gasteiger partial charge in [-0.2, -0.15) is 0 Å². The molecule has 146 valence electrons. The maximum Gasteiger partial charge on any atom is 0.264 e. The van der Waals surface area contributed by atoms with Gasteiger partial charge in [0.15, 0.2) is 0 Å². The van der Waals surface area contributed by atoms with Crippen molar-refractivity contribution in [3.8, 4) is 11.4 Å². The van der Waals surface area contributed by atoms with Gasteiger partial charge in [-0.1, -0.05) is 63.5 Å². The van der Waals surface area contributed by atoms with Crippen molar-refractivity contribution in [1.82, 2.24) is 15.3 Å². The summed E-state index contributed by atoms with van der Waals surface area (Å²) < 4.78 is 0. The molecule has 2 N–H and O–H groups in total. The summed E-state index contributed by atoms with van der Waals surface area (Å²) >= 11 is 5.86. The van der Waals surface area contributed by atoms with Gasteiger partial charge in [0.2, 0.25) is 0 Å². The Morgan fingerprint density at radius 2 is 1.67 bits per heavy atom. The molecule has 2 aromatic rings. The minimum atomic E-state index is -0.441. The summed E-state index contributed by atoms with van der Waals surface area (Å²) in [5.41, 5.74) is 0.332. The third kappa shape index (κ3) is 7.18. The van der Waals surface area contributed by atoms with Gasteiger partial charge in [-0.3, -0.25) is 9.59 Å². The Hall–Kier alpha value is -2.14. The molecule has 0 saturated heterocycles. The molecule has 1 amide bonds. The molecule has 0 aliphatic rings. The van der Waals surface area contributed by atoms with Crippen LogP contribution in [0.5, 0.6) is 0 Å². The Morgan fingerprint density at radius 3 is 2.30 bits per heavy atom. The highest BCUT2D eigenvalue weighted by Gasteiger charge is 2.12. The number of nitrogens with one attached hydrogen (secondary N) is 2. The fourth-order valence-electron chi connectivity index (χ4n) is 2.87. The molecule has 1 aromatic carbocycles. The quantitative estimate of drug-likeness (QED) is 0.533. The van der Waals surface area contributed by atoms with Crippen LogP contribution in [-0.2, 0) is 0 Å². The van der Waals surface area contributed by atoms with E-state index in [1.54, 1.807) is 24.3 Å². The van der Waals surface area contributed by atoms with Crippen molar-refractivity contribution >= 4 is 17.5 Å². The zero-order valence-corrected chi connectivity index (χ0v) is 16.6. The van der Waals surface area contributed by atoms with Gasteiger partial charge in [0, 0.05) is 23.3 Å². The molecular formula is C21H28ClN3O2. The van der Waals surface area contributed by atoms with Crippen molar-refractivity contribution < 1.29 is 4.79 Å². The zero-order valence-electron chi connectivity index (χ0n) is 15.9. The van der Waals surface area contributed by atoms with Gasteiger partial charge in [0.05, 0.1) is 0 Å². The van der Waals surface area contributed by atoms with Crippen molar-refractivity contribution in [3.05, 3.63) is 51.4 Å². The van der Waals surface area contributed by atoms with Gasteiger partial charge in [0.25, 0.3) is 11.5 Å². The Morgan fingerprint density at radius 1 is 1.04 bits per heavy atom. The number of H-pyrrole nitrogens is 1. The summed E-state index contributed by atoms with van der Waals surface area (Å²) in [4.78, 5) is 31.2. The lowest BCUT2D eigenvalue weighted by Crippen LogP contribution is -2.30. The van der Waals surface area contributed by atoms with Crippen molar-refractivity contribution in [3.63, 3.8) is 0 Å². The van der Waals surface area contributed by atoms with E-state index in [0.29, 0.717) is 17.4 Å². The molecule has 0 bridgehead atoms. The first-order valence-electron chi connectivity index (χ1n) is 9.75. The van der Waals surface area contributed by atoms with Crippen LogP contribution in [0.1, 0.15) is 68.6 Å². The molecule has 6 heteroatoms. The normalized spacial score (nSPS) is 10.7. The van der Waals surface area contributed by atoms with Crippen LogP contribution in [0.25, 0.3) is 11.4 Å². The number of hydrogen-bond acceptors (Lipinski definition) is 3. The lowest BCUT2D eigenvalue weighted by atomic mass is 10.1. The van der Waals surface area contributed by atoms with E-state index >= 15 is 0 Å². The average Bonchev–Trinajstić information content (AvgIpc) is 2.67. The van der Waals surface area contributed by atoms with Crippen LogP contribution < -0.4 is 10.9 Å². The number of carbonyl (C=O) groups is 1. The van der Waals surface area contributed by atoms with Crippen LogP contribution in [0, 0.1) is 0 Å². The molecule has 1 heterocycles. The minimum Gasteiger partial charge on any atom is -0.352 e. The minimum absolute atomic E-state index is 0.0345. The first kappa shape index (κ1) is 21.2. The van der Waals surface area contributed by atoms with Crippen molar-refractivity contribution in [2.24, 2.45) is 0 Å². The number of carbonyl (C=O) groups excluding carboxylic acids is 1. The van der Waals surface area contributed by atoms with E-state index in [9.17, 15) is 9.59 Å². The standard InChI is InChI=1S/C21H28ClN3O2/c1-2-3-4-5-6-7-8-9-14-23-20(26)18-15-24-19(25-21(18)27)16-10-12-17(22)13-11-16/h10-13,15H,2-9,14H2,1H3,(H,23,26)(H,24,25,27). The second kappa shape index (κ2) is 11.5. The molecule has 0 atom stereocenters. The summed E-state index contributed by atoms with van der Waals surface area (Å²) in [6.45, 7) is 2.79. The maximum atomic E-state index is 12.2. The molecule has 5 nitrogen and oxygen atoms in total. The van der Waals surface area contributed by atoms with E-state index in [0.717, 1.165) is 18.4 Å². The smallest absolute Gasteiger partial charge is 0.264 e. The number of unbranched alkanes of at least 4 members (excludes halogenated alkanes) is 7. The van der Waals surface area contributed by atoms with Gasteiger partial charge < -0.3 is 10.3 Å². The van der Waals surface area contributed by atoms with Gasteiger partial charge in [-0.15, -0.1) is 0 Å². The number of hydrogen-bond donors (Lipinski definition) is 2. The Balaban J connectivity index is 1.76. The third-order valence-electron chi connectivity index (χ3n) is 4.48. The first-order chi connectivity index (χ1) is 13.1. The second-order valence-electron chi connectivity index (χ2n) is 6.71. The third-order valence-corrected chi connectivity index (χ3v) is 4.73. The first-order valence-corrected chi connectivity index (χ1v) is 10.1. The van der Waals surface area contributed by atoms with Gasteiger partial charge in [0.1, 0.15) is 11.4 Å². The number of halogens is 1. The lowest BCUT2D eigenvalue weighted by Gasteiger charge is -2.06. The van der Waals surface area contributed by atoms with Crippen LogP contribution in [0.15, 0.2) is 35.3 Å². The van der Waals surface area contributed by atoms with Gasteiger partial charge >= 0.3 is 0 Å². The molecular weight excluding hydrogens is 362 g/mol. The van der Waals surface area contributed by atoms with E-state index in [4.69, 9.17) is 11.6 Å². The fourth-order valence-corrected chi connectivity index (χ4v) is 2.99. The molecule has 27 heavy (non-hydrogen) atoms. The highest BCUT2D eigenvalue weighted by atomic mass is 35.5. The molecule has 0 spiro atoms. The van der Waals surface area contributed by atoms with Crippen LogP contribution in [0.2, 0.25) is 5.02 Å². The van der Waals surface area contributed by atoms with Crippen LogP contribution in [-0.4, -0.2) is 22.4 Å². The molecule has 0 aliphatic heterocycles. The molecule has 0 radical (unpaired) electrons. The van der Waals surface area contributed by atoms with E-state index in [1.807, 2.05) is 0 Å². The SMILES string of the molecule is CCCCCCCCCCNC(=O)c1cnc(-c2ccc(Cl)cc2)[nH]c1=O. The number of aromatic amines is 1. The Bertz CT molecular complexity index is 772. The molecule has 1 aromatic heterocycles. The fraction of sp³-hybridized carbons (Fsp3) is 0.476. The average molecular weight is 390 g/mol. The van der Waals surface area contributed by atoms with Crippen molar-refractivity contribution in [1.29, 1.82) is 0 Å². The second-order valence-corrected chi connectivity index (χ2v) is 7.15. The topological polar surface area (TPSA) is 74.8 Å². The Labute approximate surface area is 165 Å². The highest BCUT2D eigenvalue weighted by Crippen LogP contribution is 2.16. The number of aromatic nitrogens is 2. The van der Waals surface area contributed by atoms with E-state index in [2.05, 4.69) is 22.2 Å². The molecule has 0 unspecified atom stereocenters. The number of amides is 1. The van der Waals surface area contributed by atoms with Crippen LogP contribution in [0.3, 0.4) is 0 Å². The van der Waals surface area contributed by atoms with Crippen LogP contribution in [0.4, 0.5) is 0 Å². The van der Waals surface area contributed by atoms with Gasteiger partial charge in [-0.25, -0.2) is 4.98 Å². The predicted octanol–water partition coefficient (Wildman–Crippen LogP) is 4.96. The monoisotopic (exact) mass is 389 g/mol. The summed E-state index contributed by atoms with van der Waals surface area (Å²) in [6.07, 6.45) is 11.0. The number of benzene rings is 1. The van der Waals surface area contributed by atoms with Crippen molar-refractivity contribution in [2.75, 3.05) is 6.54 Å². The molecule has 0 fully saturated rings. The number of nitrogens with zero attached hydrogens (tertiary/aromatic N) is 1. The highest BCUT2D eigenvalue weighted by molar-refractivity contribution is 6.30. The molecule has 0 saturated carbocycles. The Kier molecular flexibility index (Phi) is 9.05. The van der Waals surface area contributed by atoms with Crippen molar-refractivity contribution in [2.45, 2.75) is 58.3 Å². The largest absolute Gasteiger partial charge is 0.352 e. The zero-order chi connectivity index (χ0) is 19.5. The summed E-state index contributed by atoms with van der Waals surface area (Å²) in [5, 5.41) is 3.41. The summed E-state index contributed by atoms with van der Waals surface area (Å²) in [5.74, 6) is 0.0330. The van der Waals surface area contributed by atoms with Gasteiger partial charge in [-0.05, 0) is 30.7 Å². The number of rotatable bonds is 11. The molecule has 0 aliphatic carbocycles. The maximum absolute atomic E-state index is 12.2. The van der Waals surface area contributed by atoms with E-state index < -0.39 is 5.56 Å². The summed E-state index contributed by atoms with van der Waals surface area (Å²) in [6, 6.07) is 6.98. The summed E-state index contributed by atoms with van der Waals surface area (Å²) in [7, 11) is 0. The lowest BCUT2D eigenvalue weighted by molar-refractivity contribution is 0.0951. The van der Waals surface area contributed by atoms with Crippen LogP contribution >= 0.6 is 11.6 Å². The predicted molar refractivity (Wildman–Crippen MR) is 110 cm³/mol.